The summed E-state index contributed by atoms with van der Waals surface area (Å²) >= 11 is 6.40. The average molecular weight is 507 g/mol. The number of halogens is 1. The first-order valence-electron chi connectivity index (χ1n) is 10.8. The van der Waals surface area contributed by atoms with Crippen molar-refractivity contribution >= 4 is 46.2 Å². The Morgan fingerprint density at radius 2 is 1.74 bits per heavy atom. The van der Waals surface area contributed by atoms with Gasteiger partial charge in [0.15, 0.2) is 17.1 Å². The zero-order valence-corrected chi connectivity index (χ0v) is 20.3. The average Bonchev–Trinajstić information content (AvgIpc) is 2.74. The standard InChI is InChI=1S/C23H27ClN4O7/c1-27(2)15-8-5-7-6-9-16(28(3)4)19(31)12(22(26)34)21(33)23(9,35)20(32)10(7)17(29)11(8)18(30)14(25)13(15)24/h7,9,16,29-30,33,35H,5-6,25H2,1-4H3,(H2,26,34). The molecule has 1 saturated carbocycles. The first-order valence-corrected chi connectivity index (χ1v) is 11.2. The molecule has 12 heteroatoms. The van der Waals surface area contributed by atoms with Crippen molar-refractivity contribution in [2.45, 2.75) is 24.5 Å². The number of phenolic OH excluding ortho intramolecular Hbond substituents is 1. The number of benzene rings is 1. The smallest absolute Gasteiger partial charge is 0.255 e. The number of hydrogen-bond acceptors (Lipinski definition) is 10. The van der Waals surface area contributed by atoms with Crippen molar-refractivity contribution in [2.24, 2.45) is 17.6 Å². The van der Waals surface area contributed by atoms with Gasteiger partial charge >= 0.3 is 0 Å². The summed E-state index contributed by atoms with van der Waals surface area (Å²) in [4.78, 5) is 42.0. The van der Waals surface area contributed by atoms with Crippen LogP contribution < -0.4 is 16.4 Å². The molecule has 8 N–H and O–H groups in total. The summed E-state index contributed by atoms with van der Waals surface area (Å²) in [5, 5.41) is 44.4. The van der Waals surface area contributed by atoms with Gasteiger partial charge in [0.25, 0.3) is 5.91 Å². The van der Waals surface area contributed by atoms with E-state index in [2.05, 4.69) is 0 Å². The topological polar surface area (TPSA) is 191 Å². The number of amides is 1. The van der Waals surface area contributed by atoms with E-state index in [1.54, 1.807) is 19.0 Å². The van der Waals surface area contributed by atoms with E-state index in [9.17, 15) is 34.8 Å². The lowest BCUT2D eigenvalue weighted by Gasteiger charge is -2.50. The number of primary amides is 1. The number of aromatic hydroxyl groups is 1. The van der Waals surface area contributed by atoms with Gasteiger partial charge in [-0.3, -0.25) is 19.3 Å². The lowest BCUT2D eigenvalue weighted by molar-refractivity contribution is -0.153. The first-order chi connectivity index (χ1) is 16.2. The van der Waals surface area contributed by atoms with Crippen molar-refractivity contribution in [2.75, 3.05) is 38.8 Å². The van der Waals surface area contributed by atoms with Gasteiger partial charge in [0, 0.05) is 25.6 Å². The van der Waals surface area contributed by atoms with Crippen LogP contribution in [0.15, 0.2) is 16.9 Å². The van der Waals surface area contributed by atoms with Gasteiger partial charge in [-0.25, -0.2) is 0 Å². The molecule has 0 heterocycles. The van der Waals surface area contributed by atoms with Crippen LogP contribution in [0.2, 0.25) is 5.02 Å². The molecule has 0 aliphatic heterocycles. The van der Waals surface area contributed by atoms with Crippen LogP contribution in [-0.2, 0) is 20.8 Å². The zero-order chi connectivity index (χ0) is 26.3. The van der Waals surface area contributed by atoms with Crippen LogP contribution in [-0.4, -0.2) is 82.6 Å². The summed E-state index contributed by atoms with van der Waals surface area (Å²) in [6.45, 7) is 0. The number of phenols is 1. The van der Waals surface area contributed by atoms with Crippen LogP contribution in [0.3, 0.4) is 0 Å². The fraction of sp³-hybridized carbons (Fsp3) is 0.435. The largest absolute Gasteiger partial charge is 0.508 e. The van der Waals surface area contributed by atoms with Crippen molar-refractivity contribution in [3.05, 3.63) is 33.1 Å². The number of hydrogen-bond donors (Lipinski definition) is 6. The van der Waals surface area contributed by atoms with Gasteiger partial charge in [0.1, 0.15) is 17.1 Å². The molecular formula is C23H27ClN4O7. The SMILES string of the molecule is CN(C)c1c(Cl)c(N)c(O)c2c1CC1CC3C(N(C)C)C(=O)C(C(N)=O)=C(O)C3(O)C(=O)C1=C2O. The number of rotatable bonds is 3. The van der Waals surface area contributed by atoms with Crippen molar-refractivity contribution in [1.29, 1.82) is 0 Å². The molecule has 1 fully saturated rings. The Labute approximate surface area is 205 Å². The normalized spacial score (nSPS) is 28.1. The number of aliphatic hydroxyl groups excluding tert-OH is 2. The predicted molar refractivity (Wildman–Crippen MR) is 128 cm³/mol. The van der Waals surface area contributed by atoms with E-state index in [0.29, 0.717) is 11.3 Å². The molecule has 0 saturated heterocycles. The number of nitrogens with two attached hydrogens (primary N) is 2. The summed E-state index contributed by atoms with van der Waals surface area (Å²) in [7, 11) is 6.49. The van der Waals surface area contributed by atoms with Crippen LogP contribution in [0.1, 0.15) is 17.5 Å². The predicted octanol–water partition coefficient (Wildman–Crippen LogP) is 0.266. The Morgan fingerprint density at radius 3 is 2.26 bits per heavy atom. The number of ketones is 2. The number of likely N-dealkylation sites (N-methyl/N-ethyl adjacent to an activating group) is 1. The minimum absolute atomic E-state index is 0.0125. The quantitative estimate of drug-likeness (QED) is 0.188. The summed E-state index contributed by atoms with van der Waals surface area (Å²) < 4.78 is 0. The highest BCUT2D eigenvalue weighted by atomic mass is 35.5. The van der Waals surface area contributed by atoms with Gasteiger partial charge < -0.3 is 36.8 Å². The minimum Gasteiger partial charge on any atom is -0.508 e. The Morgan fingerprint density at radius 1 is 1.14 bits per heavy atom. The van der Waals surface area contributed by atoms with Crippen molar-refractivity contribution in [3.63, 3.8) is 0 Å². The fourth-order valence-corrected chi connectivity index (χ4v) is 6.18. The number of anilines is 2. The van der Waals surface area contributed by atoms with Crippen LogP contribution in [0.4, 0.5) is 11.4 Å². The third kappa shape index (κ3) is 3.08. The maximum Gasteiger partial charge on any atom is 0.255 e. The van der Waals surface area contributed by atoms with Crippen molar-refractivity contribution in [3.8, 4) is 5.75 Å². The molecule has 4 rings (SSSR count). The van der Waals surface area contributed by atoms with Gasteiger partial charge in [-0.05, 0) is 38.4 Å². The van der Waals surface area contributed by atoms with Crippen molar-refractivity contribution in [1.82, 2.24) is 4.90 Å². The Balaban J connectivity index is 2.03. The summed E-state index contributed by atoms with van der Waals surface area (Å²) in [5.41, 5.74) is 8.05. The lowest BCUT2D eigenvalue weighted by atomic mass is 9.57. The molecule has 11 nitrogen and oxygen atoms in total. The van der Waals surface area contributed by atoms with E-state index >= 15 is 0 Å². The number of carbonyl (C=O) groups excluding carboxylic acids is 3. The molecule has 1 amide bonds. The van der Waals surface area contributed by atoms with E-state index in [0.717, 1.165) is 0 Å². The number of fused-ring (bicyclic) bond motifs is 3. The number of Topliss-reactive ketones (excluding diaryl/α,β-unsaturated/α-hetero) is 2. The zero-order valence-electron chi connectivity index (χ0n) is 19.6. The molecule has 0 radical (unpaired) electrons. The number of nitrogen functional groups attached to an aromatic ring is 1. The second-order valence-electron chi connectivity index (χ2n) is 9.63. The Kier molecular flexibility index (Phi) is 5.58. The molecule has 4 atom stereocenters. The van der Waals surface area contributed by atoms with Crippen LogP contribution in [0, 0.1) is 11.8 Å². The van der Waals surface area contributed by atoms with Gasteiger partial charge in [-0.15, -0.1) is 0 Å². The molecule has 188 valence electrons. The molecule has 1 aromatic rings. The van der Waals surface area contributed by atoms with Crippen LogP contribution >= 0.6 is 11.6 Å². The molecule has 35 heavy (non-hydrogen) atoms. The second kappa shape index (κ2) is 7.87. The van der Waals surface area contributed by atoms with Gasteiger partial charge in [-0.1, -0.05) is 11.6 Å². The maximum atomic E-state index is 13.8. The summed E-state index contributed by atoms with van der Waals surface area (Å²) in [5.74, 6) is -7.31. The van der Waals surface area contributed by atoms with E-state index in [1.165, 1.54) is 19.0 Å². The van der Waals surface area contributed by atoms with Crippen LogP contribution in [0.25, 0.3) is 5.76 Å². The molecule has 4 unspecified atom stereocenters. The first kappa shape index (κ1) is 24.8. The van der Waals surface area contributed by atoms with Gasteiger partial charge in [-0.2, -0.15) is 0 Å². The third-order valence-corrected chi connectivity index (χ3v) is 7.67. The summed E-state index contributed by atoms with van der Waals surface area (Å²) in [6.07, 6.45) is 0.108. The molecule has 0 spiro atoms. The van der Waals surface area contributed by atoms with Crippen molar-refractivity contribution < 1.29 is 34.8 Å². The highest BCUT2D eigenvalue weighted by molar-refractivity contribution is 6.36. The van der Waals surface area contributed by atoms with E-state index in [-0.39, 0.29) is 34.7 Å². The fourth-order valence-electron chi connectivity index (χ4n) is 5.81. The summed E-state index contributed by atoms with van der Waals surface area (Å²) in [6, 6.07) is -1.15. The second-order valence-corrected chi connectivity index (χ2v) is 10.0. The molecular weight excluding hydrogens is 480 g/mol. The molecule has 3 aliphatic rings. The third-order valence-electron chi connectivity index (χ3n) is 7.28. The molecule has 0 bridgehead atoms. The minimum atomic E-state index is -2.69. The molecule has 0 aromatic heterocycles. The van der Waals surface area contributed by atoms with E-state index < -0.39 is 63.8 Å². The maximum absolute atomic E-state index is 13.8. The highest BCUT2D eigenvalue weighted by Gasteiger charge is 2.64. The number of aliphatic hydroxyl groups is 3. The van der Waals surface area contributed by atoms with Crippen LogP contribution in [0.5, 0.6) is 5.75 Å². The highest BCUT2D eigenvalue weighted by Crippen LogP contribution is 2.55. The van der Waals surface area contributed by atoms with Gasteiger partial charge in [0.2, 0.25) is 5.78 Å². The Hall–Kier alpha value is -3.28. The number of nitrogens with zero attached hydrogens (tertiary/aromatic N) is 2. The lowest BCUT2D eigenvalue weighted by Crippen LogP contribution is -2.65. The molecule has 1 aromatic carbocycles. The number of carbonyl (C=O) groups is 3. The monoisotopic (exact) mass is 506 g/mol. The molecule has 3 aliphatic carbocycles. The Bertz CT molecular complexity index is 1270. The van der Waals surface area contributed by atoms with E-state index in [4.69, 9.17) is 23.1 Å². The van der Waals surface area contributed by atoms with Gasteiger partial charge in [0.05, 0.1) is 28.0 Å². The van der Waals surface area contributed by atoms with E-state index in [1.807, 2.05) is 0 Å².